The van der Waals surface area contributed by atoms with Gasteiger partial charge >= 0.3 is 5.97 Å². The fraction of sp³-hybridized carbons (Fsp3) is 0.308. The zero-order valence-electron chi connectivity index (χ0n) is 9.98. The van der Waals surface area contributed by atoms with Gasteiger partial charge in [0.2, 0.25) is 0 Å². The summed E-state index contributed by atoms with van der Waals surface area (Å²) in [7, 11) is 1.58. The maximum atomic E-state index is 11.2. The third-order valence-electron chi connectivity index (χ3n) is 2.99. The monoisotopic (exact) mass is 234 g/mol. The van der Waals surface area contributed by atoms with E-state index < -0.39 is 11.4 Å². The second-order valence-electron chi connectivity index (χ2n) is 4.44. The van der Waals surface area contributed by atoms with Crippen molar-refractivity contribution >= 4 is 16.9 Å². The van der Waals surface area contributed by atoms with Crippen LogP contribution in [0.4, 0.5) is 0 Å². The van der Waals surface area contributed by atoms with Crippen molar-refractivity contribution in [2.24, 2.45) is 0 Å². The van der Waals surface area contributed by atoms with Crippen molar-refractivity contribution in [3.8, 4) is 5.75 Å². The number of ether oxygens (including phenoxy) is 1. The van der Waals surface area contributed by atoms with E-state index in [4.69, 9.17) is 9.15 Å². The number of carboxylic acid groups (broad SMARTS) is 1. The standard InChI is InChI=1S/C13H14O4/c1-13(2,12(14)15)10-7-17-11-6-8(16-3)4-5-9(10)11/h4-7H,1-3H3,(H,14,15). The molecule has 0 saturated carbocycles. The number of benzene rings is 1. The molecule has 0 radical (unpaired) electrons. The van der Waals surface area contributed by atoms with Crippen molar-refractivity contribution in [2.45, 2.75) is 19.3 Å². The first-order valence-electron chi connectivity index (χ1n) is 5.26. The molecule has 4 nitrogen and oxygen atoms in total. The molecular weight excluding hydrogens is 220 g/mol. The highest BCUT2D eigenvalue weighted by Crippen LogP contribution is 2.33. The lowest BCUT2D eigenvalue weighted by Crippen LogP contribution is -2.28. The van der Waals surface area contributed by atoms with Crippen LogP contribution in [-0.2, 0) is 10.2 Å². The molecule has 0 aliphatic rings. The molecule has 1 heterocycles. The Kier molecular flexibility index (Phi) is 2.58. The molecule has 2 rings (SSSR count). The summed E-state index contributed by atoms with van der Waals surface area (Å²) >= 11 is 0. The highest BCUT2D eigenvalue weighted by molar-refractivity contribution is 5.90. The number of rotatable bonds is 3. The number of methoxy groups -OCH3 is 1. The average molecular weight is 234 g/mol. The number of carboxylic acids is 1. The largest absolute Gasteiger partial charge is 0.497 e. The first kappa shape index (κ1) is 11.5. The van der Waals surface area contributed by atoms with Crippen molar-refractivity contribution in [3.05, 3.63) is 30.0 Å². The summed E-state index contributed by atoms with van der Waals surface area (Å²) in [6.07, 6.45) is 1.50. The smallest absolute Gasteiger partial charge is 0.313 e. The maximum absolute atomic E-state index is 11.2. The van der Waals surface area contributed by atoms with Crippen LogP contribution in [0.15, 0.2) is 28.9 Å². The highest BCUT2D eigenvalue weighted by Gasteiger charge is 2.32. The van der Waals surface area contributed by atoms with Crippen LogP contribution in [0.3, 0.4) is 0 Å². The number of hydrogen-bond acceptors (Lipinski definition) is 3. The normalized spacial score (nSPS) is 11.7. The molecule has 0 amide bonds. The second kappa shape index (κ2) is 3.80. The van der Waals surface area contributed by atoms with Crippen LogP contribution in [-0.4, -0.2) is 18.2 Å². The molecule has 0 bridgehead atoms. The first-order valence-corrected chi connectivity index (χ1v) is 5.26. The van der Waals surface area contributed by atoms with E-state index in [1.54, 1.807) is 33.1 Å². The van der Waals surface area contributed by atoms with Crippen molar-refractivity contribution < 1.29 is 19.1 Å². The number of furan rings is 1. The molecule has 0 spiro atoms. The van der Waals surface area contributed by atoms with Gasteiger partial charge in [0.25, 0.3) is 0 Å². The van der Waals surface area contributed by atoms with E-state index in [9.17, 15) is 9.90 Å². The van der Waals surface area contributed by atoms with Crippen molar-refractivity contribution in [2.75, 3.05) is 7.11 Å². The van der Waals surface area contributed by atoms with Gasteiger partial charge in [-0.25, -0.2) is 0 Å². The second-order valence-corrected chi connectivity index (χ2v) is 4.44. The molecule has 0 aliphatic heterocycles. The Hall–Kier alpha value is -1.97. The lowest BCUT2D eigenvalue weighted by atomic mass is 9.85. The molecule has 0 fully saturated rings. The average Bonchev–Trinajstić information content (AvgIpc) is 2.71. The van der Waals surface area contributed by atoms with Crippen LogP contribution >= 0.6 is 0 Å². The molecule has 2 aromatic rings. The van der Waals surface area contributed by atoms with Gasteiger partial charge in [-0.3, -0.25) is 4.79 Å². The molecule has 17 heavy (non-hydrogen) atoms. The van der Waals surface area contributed by atoms with E-state index >= 15 is 0 Å². The zero-order valence-corrected chi connectivity index (χ0v) is 9.98. The third kappa shape index (κ3) is 1.75. The molecule has 90 valence electrons. The SMILES string of the molecule is COc1ccc2c(C(C)(C)C(=O)O)coc2c1. The van der Waals surface area contributed by atoms with Gasteiger partial charge in [-0.05, 0) is 26.0 Å². The maximum Gasteiger partial charge on any atom is 0.313 e. The summed E-state index contributed by atoms with van der Waals surface area (Å²) in [6.45, 7) is 3.31. The predicted octanol–water partition coefficient (Wildman–Crippen LogP) is 2.80. The van der Waals surface area contributed by atoms with E-state index in [-0.39, 0.29) is 0 Å². The van der Waals surface area contributed by atoms with Crippen LogP contribution in [0.1, 0.15) is 19.4 Å². The first-order chi connectivity index (χ1) is 7.96. The Morgan fingerprint density at radius 3 is 2.71 bits per heavy atom. The fourth-order valence-electron chi connectivity index (χ4n) is 1.73. The van der Waals surface area contributed by atoms with Crippen molar-refractivity contribution in [1.82, 2.24) is 0 Å². The number of hydrogen-bond donors (Lipinski definition) is 1. The van der Waals surface area contributed by atoms with E-state index in [1.807, 2.05) is 6.07 Å². The molecule has 0 atom stereocenters. The number of aliphatic carboxylic acids is 1. The predicted molar refractivity (Wildman–Crippen MR) is 63.4 cm³/mol. The summed E-state index contributed by atoms with van der Waals surface area (Å²) in [6, 6.07) is 5.35. The Morgan fingerprint density at radius 2 is 2.12 bits per heavy atom. The molecule has 0 unspecified atom stereocenters. The molecule has 1 aromatic heterocycles. The Bertz CT molecular complexity index is 566. The minimum atomic E-state index is -0.972. The Balaban J connectivity index is 2.61. The molecule has 1 aromatic carbocycles. The fourth-order valence-corrected chi connectivity index (χ4v) is 1.73. The summed E-state index contributed by atoms with van der Waals surface area (Å²) in [5.74, 6) is -0.192. The summed E-state index contributed by atoms with van der Waals surface area (Å²) in [5.41, 5.74) is 0.330. The topological polar surface area (TPSA) is 59.7 Å². The summed E-state index contributed by atoms with van der Waals surface area (Å²) < 4.78 is 10.5. The van der Waals surface area contributed by atoms with Crippen molar-refractivity contribution in [1.29, 1.82) is 0 Å². The zero-order chi connectivity index (χ0) is 12.6. The summed E-state index contributed by atoms with van der Waals surface area (Å²) in [5, 5.41) is 10.0. The minimum absolute atomic E-state index is 0.633. The van der Waals surface area contributed by atoms with Gasteiger partial charge in [0.1, 0.15) is 11.3 Å². The minimum Gasteiger partial charge on any atom is -0.497 e. The molecule has 1 N–H and O–H groups in total. The van der Waals surface area contributed by atoms with Gasteiger partial charge in [0.05, 0.1) is 18.8 Å². The van der Waals surface area contributed by atoms with E-state index in [0.717, 1.165) is 5.39 Å². The van der Waals surface area contributed by atoms with Crippen LogP contribution in [0.2, 0.25) is 0 Å². The van der Waals surface area contributed by atoms with Gasteiger partial charge in [0.15, 0.2) is 0 Å². The van der Waals surface area contributed by atoms with E-state index in [1.165, 1.54) is 6.26 Å². The lowest BCUT2D eigenvalue weighted by molar-refractivity contribution is -0.142. The van der Waals surface area contributed by atoms with Gasteiger partial charge < -0.3 is 14.3 Å². The van der Waals surface area contributed by atoms with Gasteiger partial charge in [0, 0.05) is 17.0 Å². The Labute approximate surface area is 98.8 Å². The summed E-state index contributed by atoms with van der Waals surface area (Å²) in [4.78, 5) is 11.2. The van der Waals surface area contributed by atoms with Gasteiger partial charge in [-0.2, -0.15) is 0 Å². The Morgan fingerprint density at radius 1 is 1.41 bits per heavy atom. The molecular formula is C13H14O4. The van der Waals surface area contributed by atoms with Crippen molar-refractivity contribution in [3.63, 3.8) is 0 Å². The van der Waals surface area contributed by atoms with E-state index in [0.29, 0.717) is 16.9 Å². The van der Waals surface area contributed by atoms with Gasteiger partial charge in [-0.15, -0.1) is 0 Å². The van der Waals surface area contributed by atoms with Crippen LogP contribution in [0.5, 0.6) is 5.75 Å². The lowest BCUT2D eigenvalue weighted by Gasteiger charge is -2.17. The van der Waals surface area contributed by atoms with Crippen LogP contribution in [0, 0.1) is 0 Å². The van der Waals surface area contributed by atoms with Gasteiger partial charge in [-0.1, -0.05) is 0 Å². The van der Waals surface area contributed by atoms with Crippen LogP contribution in [0.25, 0.3) is 11.0 Å². The van der Waals surface area contributed by atoms with E-state index in [2.05, 4.69) is 0 Å². The quantitative estimate of drug-likeness (QED) is 0.887. The third-order valence-corrected chi connectivity index (χ3v) is 2.99. The molecule has 0 saturated heterocycles. The number of fused-ring (bicyclic) bond motifs is 1. The highest BCUT2D eigenvalue weighted by atomic mass is 16.5. The molecule has 0 aliphatic carbocycles. The van der Waals surface area contributed by atoms with Crippen LogP contribution < -0.4 is 4.74 Å². The number of carbonyl (C=O) groups is 1. The molecule has 4 heteroatoms.